The topological polar surface area (TPSA) is 88.5 Å². The first-order valence-electron chi connectivity index (χ1n) is 12.5. The molecule has 1 unspecified atom stereocenters. The Morgan fingerprint density at radius 1 is 1.08 bits per heavy atom. The lowest BCUT2D eigenvalue weighted by Gasteiger charge is -2.28. The van der Waals surface area contributed by atoms with Crippen molar-refractivity contribution in [1.82, 2.24) is 4.90 Å². The van der Waals surface area contributed by atoms with Crippen LogP contribution in [0.4, 0.5) is 5.69 Å². The average Bonchev–Trinajstić information content (AvgIpc) is 3.18. The SMILES string of the molecule is CCOc1ccc(C2/C(=C(/O)c3ccc4c(c3)N(C)CCO4)C(=O)C(=O)N2Cc2ccccc2OC)cc1. The van der Waals surface area contributed by atoms with E-state index in [1.165, 1.54) is 4.90 Å². The Hall–Kier alpha value is -4.46. The van der Waals surface area contributed by atoms with Crippen LogP contribution in [0.5, 0.6) is 17.2 Å². The second-order valence-corrected chi connectivity index (χ2v) is 9.19. The number of likely N-dealkylation sites (tertiary alicyclic amines) is 1. The number of likely N-dealkylation sites (N-methyl/N-ethyl adjacent to an activating group) is 1. The molecule has 1 amide bonds. The van der Waals surface area contributed by atoms with Gasteiger partial charge < -0.3 is 29.1 Å². The minimum absolute atomic E-state index is 0.0355. The summed E-state index contributed by atoms with van der Waals surface area (Å²) in [5.41, 5.74) is 2.71. The number of fused-ring (bicyclic) bond motifs is 1. The second-order valence-electron chi connectivity index (χ2n) is 9.19. The van der Waals surface area contributed by atoms with Crippen molar-refractivity contribution < 1.29 is 28.9 Å². The molecule has 3 aromatic rings. The van der Waals surface area contributed by atoms with Gasteiger partial charge in [0.2, 0.25) is 0 Å². The van der Waals surface area contributed by atoms with Gasteiger partial charge in [-0.25, -0.2) is 0 Å². The first-order valence-corrected chi connectivity index (χ1v) is 12.5. The highest BCUT2D eigenvalue weighted by molar-refractivity contribution is 6.46. The van der Waals surface area contributed by atoms with Crippen molar-refractivity contribution in [2.45, 2.75) is 19.5 Å². The highest BCUT2D eigenvalue weighted by Gasteiger charge is 2.46. The molecular weight excluding hydrogens is 484 g/mol. The van der Waals surface area contributed by atoms with Gasteiger partial charge in [-0.2, -0.15) is 0 Å². The van der Waals surface area contributed by atoms with Crippen LogP contribution in [0, 0.1) is 0 Å². The van der Waals surface area contributed by atoms with Crippen LogP contribution in [-0.4, -0.2) is 55.6 Å². The smallest absolute Gasteiger partial charge is 0.295 e. The third kappa shape index (κ3) is 4.53. The Morgan fingerprint density at radius 2 is 1.84 bits per heavy atom. The summed E-state index contributed by atoms with van der Waals surface area (Å²) < 4.78 is 16.8. The number of Topliss-reactive ketones (excluding diaryl/α,β-unsaturated/α-hetero) is 1. The number of rotatable bonds is 7. The molecule has 1 fully saturated rings. The third-order valence-electron chi connectivity index (χ3n) is 6.91. The summed E-state index contributed by atoms with van der Waals surface area (Å²) in [6, 6.07) is 19.1. The van der Waals surface area contributed by atoms with Crippen LogP contribution in [0.1, 0.15) is 29.7 Å². The largest absolute Gasteiger partial charge is 0.507 e. The van der Waals surface area contributed by atoms with Crippen LogP contribution < -0.4 is 19.1 Å². The molecule has 8 nitrogen and oxygen atoms in total. The lowest BCUT2D eigenvalue weighted by Crippen LogP contribution is -2.29. The van der Waals surface area contributed by atoms with Crippen LogP contribution in [0.25, 0.3) is 5.76 Å². The molecule has 0 aliphatic carbocycles. The summed E-state index contributed by atoms with van der Waals surface area (Å²) in [6.45, 7) is 3.82. The fourth-order valence-electron chi connectivity index (χ4n) is 4.97. The van der Waals surface area contributed by atoms with Gasteiger partial charge in [0, 0.05) is 18.2 Å². The highest BCUT2D eigenvalue weighted by atomic mass is 16.5. The Bertz CT molecular complexity index is 1400. The molecule has 5 rings (SSSR count). The Kier molecular flexibility index (Phi) is 6.96. The van der Waals surface area contributed by atoms with Crippen LogP contribution in [0.3, 0.4) is 0 Å². The summed E-state index contributed by atoms with van der Waals surface area (Å²) in [6.07, 6.45) is 0. The first kappa shape index (κ1) is 25.2. The summed E-state index contributed by atoms with van der Waals surface area (Å²) in [7, 11) is 3.50. The molecule has 0 aromatic heterocycles. The summed E-state index contributed by atoms with van der Waals surface area (Å²) in [4.78, 5) is 30.4. The average molecular weight is 515 g/mol. The van der Waals surface area contributed by atoms with E-state index in [1.807, 2.05) is 55.3 Å². The Morgan fingerprint density at radius 3 is 2.58 bits per heavy atom. The normalized spacial score (nSPS) is 18.2. The molecule has 8 heteroatoms. The molecule has 0 bridgehead atoms. The van der Waals surface area contributed by atoms with Gasteiger partial charge in [0.05, 0.1) is 44.1 Å². The van der Waals surface area contributed by atoms with E-state index < -0.39 is 17.7 Å². The third-order valence-corrected chi connectivity index (χ3v) is 6.91. The van der Waals surface area contributed by atoms with E-state index in [1.54, 1.807) is 37.4 Å². The lowest BCUT2D eigenvalue weighted by molar-refractivity contribution is -0.140. The number of nitrogens with zero attached hydrogens (tertiary/aromatic N) is 2. The zero-order valence-electron chi connectivity index (χ0n) is 21.6. The van der Waals surface area contributed by atoms with Gasteiger partial charge in [-0.15, -0.1) is 0 Å². The summed E-state index contributed by atoms with van der Waals surface area (Å²) in [5.74, 6) is 0.336. The maximum absolute atomic E-state index is 13.5. The number of amides is 1. The fourth-order valence-corrected chi connectivity index (χ4v) is 4.97. The van der Waals surface area contributed by atoms with E-state index in [0.717, 1.165) is 11.3 Å². The van der Waals surface area contributed by atoms with E-state index in [-0.39, 0.29) is 17.9 Å². The van der Waals surface area contributed by atoms with Gasteiger partial charge >= 0.3 is 0 Å². The predicted octanol–water partition coefficient (Wildman–Crippen LogP) is 4.54. The molecule has 2 aliphatic rings. The molecule has 38 heavy (non-hydrogen) atoms. The van der Waals surface area contributed by atoms with E-state index in [9.17, 15) is 14.7 Å². The number of benzene rings is 3. The highest BCUT2D eigenvalue weighted by Crippen LogP contribution is 2.42. The quantitative estimate of drug-likeness (QED) is 0.281. The molecule has 1 saturated heterocycles. The van der Waals surface area contributed by atoms with Crippen LogP contribution in [-0.2, 0) is 16.1 Å². The number of hydrogen-bond acceptors (Lipinski definition) is 7. The molecular formula is C30H30N2O6. The molecule has 196 valence electrons. The van der Waals surface area contributed by atoms with E-state index in [2.05, 4.69) is 0 Å². The molecule has 3 aromatic carbocycles. The second kappa shape index (κ2) is 10.5. The van der Waals surface area contributed by atoms with Crippen molar-refractivity contribution in [2.24, 2.45) is 0 Å². The summed E-state index contributed by atoms with van der Waals surface area (Å²) in [5, 5.41) is 11.5. The number of para-hydroxylation sites is 1. The number of aliphatic hydroxyl groups excluding tert-OH is 1. The number of carbonyl (C=O) groups is 2. The van der Waals surface area contributed by atoms with E-state index in [0.29, 0.717) is 48.1 Å². The number of ketones is 1. The number of hydrogen-bond donors (Lipinski definition) is 1. The van der Waals surface area contributed by atoms with Crippen molar-refractivity contribution in [1.29, 1.82) is 0 Å². The number of ether oxygens (including phenoxy) is 3. The van der Waals surface area contributed by atoms with Gasteiger partial charge in [0.15, 0.2) is 0 Å². The summed E-state index contributed by atoms with van der Waals surface area (Å²) >= 11 is 0. The maximum Gasteiger partial charge on any atom is 0.295 e. The van der Waals surface area contributed by atoms with Gasteiger partial charge in [-0.3, -0.25) is 9.59 Å². The van der Waals surface area contributed by atoms with Crippen molar-refractivity contribution in [3.63, 3.8) is 0 Å². The van der Waals surface area contributed by atoms with E-state index in [4.69, 9.17) is 14.2 Å². The number of aliphatic hydroxyl groups is 1. The zero-order chi connectivity index (χ0) is 26.8. The number of anilines is 1. The van der Waals surface area contributed by atoms with Crippen molar-refractivity contribution in [3.05, 3.63) is 89.0 Å². The Balaban J connectivity index is 1.63. The van der Waals surface area contributed by atoms with Gasteiger partial charge in [0.25, 0.3) is 11.7 Å². The molecule has 0 spiro atoms. The van der Waals surface area contributed by atoms with Crippen LogP contribution >= 0.6 is 0 Å². The molecule has 0 saturated carbocycles. The lowest BCUT2D eigenvalue weighted by atomic mass is 9.94. The number of carbonyl (C=O) groups excluding carboxylic acids is 2. The van der Waals surface area contributed by atoms with Crippen LogP contribution in [0.2, 0.25) is 0 Å². The maximum atomic E-state index is 13.5. The van der Waals surface area contributed by atoms with Crippen LogP contribution in [0.15, 0.2) is 72.3 Å². The molecule has 1 N–H and O–H groups in total. The molecule has 1 atom stereocenters. The van der Waals surface area contributed by atoms with Crippen molar-refractivity contribution in [2.75, 3.05) is 38.8 Å². The minimum Gasteiger partial charge on any atom is -0.507 e. The fraction of sp³-hybridized carbons (Fsp3) is 0.267. The van der Waals surface area contributed by atoms with Gasteiger partial charge in [-0.05, 0) is 48.9 Å². The zero-order valence-corrected chi connectivity index (χ0v) is 21.6. The number of methoxy groups -OCH3 is 1. The van der Waals surface area contributed by atoms with Gasteiger partial charge in [0.1, 0.15) is 29.6 Å². The molecule has 2 heterocycles. The van der Waals surface area contributed by atoms with Crippen molar-refractivity contribution in [3.8, 4) is 17.2 Å². The van der Waals surface area contributed by atoms with Crippen molar-refractivity contribution >= 4 is 23.1 Å². The Labute approximate surface area is 221 Å². The monoisotopic (exact) mass is 514 g/mol. The van der Waals surface area contributed by atoms with E-state index >= 15 is 0 Å². The standard InChI is InChI=1S/C30H30N2O6/c1-4-37-22-12-9-19(10-13-22)27-26(28(33)20-11-14-25-23(17-20)31(2)15-16-38-25)29(34)30(35)32(27)18-21-7-5-6-8-24(21)36-3/h5-14,17,27,33H,4,15-16,18H2,1-3H3/b28-26-. The molecule has 2 aliphatic heterocycles. The van der Waals surface area contributed by atoms with Gasteiger partial charge in [-0.1, -0.05) is 30.3 Å². The first-order chi connectivity index (χ1) is 18.4. The minimum atomic E-state index is -0.805. The molecule has 0 radical (unpaired) electrons. The predicted molar refractivity (Wildman–Crippen MR) is 144 cm³/mol.